The molecule has 0 bridgehead atoms. The van der Waals surface area contributed by atoms with Crippen LogP contribution in [0.25, 0.3) is 11.4 Å². The molecule has 2 heterocycles. The van der Waals surface area contributed by atoms with E-state index in [-0.39, 0.29) is 12.0 Å². The normalized spacial score (nSPS) is 13.5. The van der Waals surface area contributed by atoms with Gasteiger partial charge in [0.1, 0.15) is 5.82 Å². The SMILES string of the molecule is Cn1cccc(-c2nccn2C2CC2)c1=O.O=CO. The van der Waals surface area contributed by atoms with E-state index >= 15 is 0 Å². The van der Waals surface area contributed by atoms with Gasteiger partial charge >= 0.3 is 0 Å². The molecule has 100 valence electrons. The molecule has 0 spiro atoms. The number of hydrogen-bond donors (Lipinski definition) is 1. The van der Waals surface area contributed by atoms with Gasteiger partial charge in [0.25, 0.3) is 12.0 Å². The second-order valence-corrected chi connectivity index (χ2v) is 4.33. The number of nitrogens with zero attached hydrogens (tertiary/aromatic N) is 3. The molecule has 1 saturated carbocycles. The lowest BCUT2D eigenvalue weighted by Gasteiger charge is -2.06. The first-order valence-electron chi connectivity index (χ1n) is 5.95. The Morgan fingerprint density at radius 2 is 2.11 bits per heavy atom. The highest BCUT2D eigenvalue weighted by atomic mass is 16.3. The van der Waals surface area contributed by atoms with Crippen LogP contribution in [0.4, 0.5) is 0 Å². The van der Waals surface area contributed by atoms with Gasteiger partial charge in [0.05, 0.1) is 5.56 Å². The molecule has 0 unspecified atom stereocenters. The minimum atomic E-state index is -0.250. The summed E-state index contributed by atoms with van der Waals surface area (Å²) in [6.45, 7) is -0.250. The van der Waals surface area contributed by atoms with Gasteiger partial charge in [-0.15, -0.1) is 0 Å². The highest BCUT2D eigenvalue weighted by Gasteiger charge is 2.26. The van der Waals surface area contributed by atoms with Crippen LogP contribution in [-0.4, -0.2) is 25.7 Å². The summed E-state index contributed by atoms with van der Waals surface area (Å²) in [6.07, 6.45) is 7.86. The molecule has 1 aliphatic carbocycles. The Kier molecular flexibility index (Phi) is 3.79. The number of carbonyl (C=O) groups is 1. The number of aryl methyl sites for hydroxylation is 1. The molecule has 0 radical (unpaired) electrons. The van der Waals surface area contributed by atoms with Crippen LogP contribution in [0, 0.1) is 0 Å². The van der Waals surface area contributed by atoms with Crippen molar-refractivity contribution in [1.29, 1.82) is 0 Å². The Morgan fingerprint density at radius 1 is 1.42 bits per heavy atom. The van der Waals surface area contributed by atoms with Crippen LogP contribution in [0.3, 0.4) is 0 Å². The first-order chi connectivity index (χ1) is 9.19. The second-order valence-electron chi connectivity index (χ2n) is 4.33. The number of aromatic nitrogens is 3. The minimum Gasteiger partial charge on any atom is -0.483 e. The van der Waals surface area contributed by atoms with Crippen molar-refractivity contribution in [2.45, 2.75) is 18.9 Å². The van der Waals surface area contributed by atoms with E-state index in [1.165, 1.54) is 12.8 Å². The van der Waals surface area contributed by atoms with Crippen molar-refractivity contribution in [3.8, 4) is 11.4 Å². The summed E-state index contributed by atoms with van der Waals surface area (Å²) in [5.41, 5.74) is 0.692. The largest absolute Gasteiger partial charge is 0.483 e. The van der Waals surface area contributed by atoms with Crippen molar-refractivity contribution in [1.82, 2.24) is 14.1 Å². The van der Waals surface area contributed by atoms with E-state index < -0.39 is 0 Å². The number of carboxylic acid groups (broad SMARTS) is 1. The van der Waals surface area contributed by atoms with E-state index in [0.717, 1.165) is 5.82 Å². The molecule has 6 nitrogen and oxygen atoms in total. The molecule has 0 amide bonds. The van der Waals surface area contributed by atoms with Crippen LogP contribution in [0.1, 0.15) is 18.9 Å². The van der Waals surface area contributed by atoms with Crippen molar-refractivity contribution in [3.05, 3.63) is 41.1 Å². The van der Waals surface area contributed by atoms with E-state index in [0.29, 0.717) is 11.6 Å². The van der Waals surface area contributed by atoms with Gasteiger partial charge in [-0.2, -0.15) is 0 Å². The zero-order valence-corrected chi connectivity index (χ0v) is 10.6. The van der Waals surface area contributed by atoms with Crippen LogP contribution in [0.2, 0.25) is 0 Å². The lowest BCUT2D eigenvalue weighted by atomic mass is 10.2. The van der Waals surface area contributed by atoms with Crippen LogP contribution in [0.5, 0.6) is 0 Å². The smallest absolute Gasteiger partial charge is 0.290 e. The molecule has 19 heavy (non-hydrogen) atoms. The van der Waals surface area contributed by atoms with E-state index in [2.05, 4.69) is 9.55 Å². The molecule has 0 saturated heterocycles. The van der Waals surface area contributed by atoms with E-state index in [9.17, 15) is 4.79 Å². The molecular weight excluding hydrogens is 246 g/mol. The summed E-state index contributed by atoms with van der Waals surface area (Å²) in [6, 6.07) is 4.26. The fourth-order valence-electron chi connectivity index (χ4n) is 1.94. The quantitative estimate of drug-likeness (QED) is 0.826. The Balaban J connectivity index is 0.000000408. The van der Waals surface area contributed by atoms with Crippen LogP contribution >= 0.6 is 0 Å². The molecule has 2 aromatic heterocycles. The number of imidazole rings is 1. The molecule has 1 aliphatic rings. The first kappa shape index (κ1) is 13.1. The molecule has 1 fully saturated rings. The van der Waals surface area contributed by atoms with Crippen molar-refractivity contribution in [3.63, 3.8) is 0 Å². The molecular formula is C13H15N3O3. The van der Waals surface area contributed by atoms with E-state index in [1.54, 1.807) is 24.0 Å². The number of pyridine rings is 1. The molecule has 3 rings (SSSR count). The predicted molar refractivity (Wildman–Crippen MR) is 69.9 cm³/mol. The van der Waals surface area contributed by atoms with Crippen LogP contribution < -0.4 is 5.56 Å². The molecule has 1 N–H and O–H groups in total. The van der Waals surface area contributed by atoms with E-state index in [4.69, 9.17) is 9.90 Å². The lowest BCUT2D eigenvalue weighted by Crippen LogP contribution is -2.18. The fraction of sp³-hybridized carbons (Fsp3) is 0.308. The maximum atomic E-state index is 12.0. The number of hydrogen-bond acceptors (Lipinski definition) is 3. The standard InChI is InChI=1S/C12H13N3O.CH2O2/c1-14-7-2-3-10(12(14)16)11-13-6-8-15(11)9-4-5-9;2-1-3/h2-3,6-9H,4-5H2,1H3;1H,(H,2,3). The fourth-order valence-corrected chi connectivity index (χ4v) is 1.94. The Labute approximate surface area is 109 Å². The third kappa shape index (κ3) is 2.73. The third-order valence-electron chi connectivity index (χ3n) is 2.97. The number of rotatable bonds is 2. The Hall–Kier alpha value is -2.37. The van der Waals surface area contributed by atoms with Crippen molar-refractivity contribution < 1.29 is 9.90 Å². The average Bonchev–Trinajstić information content (AvgIpc) is 3.12. The maximum Gasteiger partial charge on any atom is 0.290 e. The summed E-state index contributed by atoms with van der Waals surface area (Å²) in [7, 11) is 1.76. The van der Waals surface area contributed by atoms with E-state index in [1.807, 2.05) is 18.3 Å². The molecule has 0 atom stereocenters. The Bertz CT molecular complexity index is 626. The topological polar surface area (TPSA) is 77.1 Å². The van der Waals surface area contributed by atoms with Crippen molar-refractivity contribution in [2.24, 2.45) is 7.05 Å². The van der Waals surface area contributed by atoms with Gasteiger partial charge in [-0.3, -0.25) is 9.59 Å². The van der Waals surface area contributed by atoms with Gasteiger partial charge in [0.2, 0.25) is 0 Å². The highest BCUT2D eigenvalue weighted by Crippen LogP contribution is 2.37. The predicted octanol–water partition coefficient (Wildman–Crippen LogP) is 1.28. The van der Waals surface area contributed by atoms with Crippen LogP contribution in [0.15, 0.2) is 35.5 Å². The van der Waals surface area contributed by atoms with Crippen molar-refractivity contribution >= 4 is 6.47 Å². The summed E-state index contributed by atoms with van der Waals surface area (Å²) in [4.78, 5) is 24.6. The van der Waals surface area contributed by atoms with Gasteiger partial charge in [-0.1, -0.05) is 0 Å². The summed E-state index contributed by atoms with van der Waals surface area (Å²) in [5, 5.41) is 6.89. The molecule has 0 aliphatic heterocycles. The molecule has 6 heteroatoms. The summed E-state index contributed by atoms with van der Waals surface area (Å²) in [5.74, 6) is 0.795. The zero-order chi connectivity index (χ0) is 13.8. The van der Waals surface area contributed by atoms with Crippen molar-refractivity contribution in [2.75, 3.05) is 0 Å². The van der Waals surface area contributed by atoms with Gasteiger partial charge in [0.15, 0.2) is 0 Å². The first-order valence-corrected chi connectivity index (χ1v) is 5.95. The van der Waals surface area contributed by atoms with Gasteiger partial charge < -0.3 is 14.2 Å². The van der Waals surface area contributed by atoms with Crippen LogP contribution in [-0.2, 0) is 11.8 Å². The van der Waals surface area contributed by atoms with Gasteiger partial charge in [0, 0.05) is 31.7 Å². The monoisotopic (exact) mass is 261 g/mol. The van der Waals surface area contributed by atoms with Gasteiger partial charge in [-0.05, 0) is 25.0 Å². The highest BCUT2D eigenvalue weighted by molar-refractivity contribution is 5.54. The summed E-state index contributed by atoms with van der Waals surface area (Å²) < 4.78 is 3.69. The maximum absolute atomic E-state index is 12.0. The minimum absolute atomic E-state index is 0.00981. The second kappa shape index (κ2) is 5.51. The lowest BCUT2D eigenvalue weighted by molar-refractivity contribution is -0.122. The third-order valence-corrected chi connectivity index (χ3v) is 2.97. The molecule has 0 aromatic carbocycles. The Morgan fingerprint density at radius 3 is 2.74 bits per heavy atom. The van der Waals surface area contributed by atoms with Gasteiger partial charge in [-0.25, -0.2) is 4.98 Å². The average molecular weight is 261 g/mol. The molecule has 2 aromatic rings. The zero-order valence-electron chi connectivity index (χ0n) is 10.6. The summed E-state index contributed by atoms with van der Waals surface area (Å²) >= 11 is 0.